The summed E-state index contributed by atoms with van der Waals surface area (Å²) in [5, 5.41) is 0. The van der Waals surface area contributed by atoms with Crippen molar-refractivity contribution in [1.82, 2.24) is 0 Å². The predicted molar refractivity (Wildman–Crippen MR) is 71.0 cm³/mol. The molecule has 0 fully saturated rings. The number of hydrogen-bond acceptors (Lipinski definition) is 5. The van der Waals surface area contributed by atoms with E-state index in [0.29, 0.717) is 6.61 Å². The van der Waals surface area contributed by atoms with Crippen molar-refractivity contribution in [2.45, 2.75) is 39.1 Å². The minimum Gasteiger partial charge on any atom is -0.458 e. The molecule has 1 rings (SSSR count). The maximum atomic E-state index is 11.7. The number of benzene rings is 1. The molecule has 0 aliphatic heterocycles. The van der Waals surface area contributed by atoms with Crippen molar-refractivity contribution in [3.05, 3.63) is 35.9 Å². The van der Waals surface area contributed by atoms with Crippen molar-refractivity contribution in [3.8, 4) is 0 Å². The zero-order valence-corrected chi connectivity index (χ0v) is 11.6. The highest BCUT2D eigenvalue weighted by molar-refractivity contribution is 5.75. The third-order valence-electron chi connectivity index (χ3n) is 2.21. The van der Waals surface area contributed by atoms with Crippen molar-refractivity contribution in [3.63, 3.8) is 0 Å². The van der Waals surface area contributed by atoms with Gasteiger partial charge in [-0.1, -0.05) is 30.3 Å². The summed E-state index contributed by atoms with van der Waals surface area (Å²) < 4.78 is 10.6. The highest BCUT2D eigenvalue weighted by Crippen LogP contribution is 2.10. The van der Waals surface area contributed by atoms with Crippen molar-refractivity contribution >= 4 is 5.97 Å². The molecular formula is C14H21NO4. The van der Waals surface area contributed by atoms with Gasteiger partial charge >= 0.3 is 5.97 Å². The number of hydrogen-bond donors (Lipinski definition) is 1. The average Bonchev–Trinajstić information content (AvgIpc) is 2.33. The Hall–Kier alpha value is -1.43. The van der Waals surface area contributed by atoms with Gasteiger partial charge < -0.3 is 9.47 Å². The topological polar surface area (TPSA) is 70.8 Å². The van der Waals surface area contributed by atoms with Crippen molar-refractivity contribution in [2.24, 2.45) is 5.90 Å². The smallest absolute Gasteiger partial charge is 0.340 e. The summed E-state index contributed by atoms with van der Waals surface area (Å²) in [6.07, 6.45) is -0.914. The van der Waals surface area contributed by atoms with Crippen LogP contribution in [0.25, 0.3) is 0 Å². The van der Waals surface area contributed by atoms with Crippen LogP contribution in [-0.2, 0) is 25.7 Å². The van der Waals surface area contributed by atoms with Gasteiger partial charge in [-0.3, -0.25) is 4.84 Å². The Morgan fingerprint density at radius 3 is 2.42 bits per heavy atom. The second-order valence-corrected chi connectivity index (χ2v) is 5.16. The van der Waals surface area contributed by atoms with Crippen LogP contribution in [0, 0.1) is 0 Å². The molecule has 2 N–H and O–H groups in total. The summed E-state index contributed by atoms with van der Waals surface area (Å²) in [7, 11) is 0. The number of rotatable bonds is 6. The Kier molecular flexibility index (Phi) is 5.95. The Bertz CT molecular complexity index is 386. The minimum atomic E-state index is -0.914. The fourth-order valence-corrected chi connectivity index (χ4v) is 1.39. The van der Waals surface area contributed by atoms with E-state index in [1.54, 1.807) is 20.8 Å². The summed E-state index contributed by atoms with van der Waals surface area (Å²) >= 11 is 0. The summed E-state index contributed by atoms with van der Waals surface area (Å²) in [5.41, 5.74) is 0.440. The average molecular weight is 267 g/mol. The first-order valence-corrected chi connectivity index (χ1v) is 6.12. The van der Waals surface area contributed by atoms with Gasteiger partial charge in [-0.2, -0.15) is 0 Å². The van der Waals surface area contributed by atoms with Crippen LogP contribution in [0.1, 0.15) is 26.3 Å². The molecule has 0 radical (unpaired) electrons. The summed E-state index contributed by atoms with van der Waals surface area (Å²) in [6, 6.07) is 9.64. The number of carbonyl (C=O) groups is 1. The monoisotopic (exact) mass is 267 g/mol. The quantitative estimate of drug-likeness (QED) is 0.628. The lowest BCUT2D eigenvalue weighted by Gasteiger charge is -2.22. The Morgan fingerprint density at radius 1 is 1.26 bits per heavy atom. The molecule has 19 heavy (non-hydrogen) atoms. The van der Waals surface area contributed by atoms with Gasteiger partial charge in [-0.25, -0.2) is 10.7 Å². The van der Waals surface area contributed by atoms with Gasteiger partial charge in [0.25, 0.3) is 0 Å². The molecule has 5 nitrogen and oxygen atoms in total. The van der Waals surface area contributed by atoms with Crippen LogP contribution in [0.15, 0.2) is 30.3 Å². The second-order valence-electron chi connectivity index (χ2n) is 5.16. The maximum Gasteiger partial charge on any atom is 0.340 e. The maximum absolute atomic E-state index is 11.7. The van der Waals surface area contributed by atoms with E-state index in [4.69, 9.17) is 15.4 Å². The third-order valence-corrected chi connectivity index (χ3v) is 2.21. The molecule has 0 aliphatic carbocycles. The van der Waals surface area contributed by atoms with Crippen molar-refractivity contribution in [1.29, 1.82) is 0 Å². The molecule has 0 spiro atoms. The predicted octanol–water partition coefficient (Wildman–Crippen LogP) is 1.80. The Balaban J connectivity index is 2.38. The van der Waals surface area contributed by atoms with E-state index in [1.165, 1.54) is 0 Å². The number of esters is 1. The van der Waals surface area contributed by atoms with Crippen LogP contribution >= 0.6 is 0 Å². The SMILES string of the molecule is CC(C)(C)OC(=O)[C@@H](COCc1ccccc1)ON. The molecule has 0 aliphatic rings. The van der Waals surface area contributed by atoms with Gasteiger partial charge in [-0.15, -0.1) is 0 Å². The number of carbonyl (C=O) groups excluding carboxylic acids is 1. The number of nitrogens with two attached hydrogens (primary N) is 1. The standard InChI is InChI=1S/C14H21NO4/c1-14(2,3)18-13(16)12(19-15)10-17-9-11-7-5-4-6-8-11/h4-8,12H,9-10,15H2,1-3H3/t12-/m1/s1. The molecule has 1 aromatic carbocycles. The molecule has 5 heteroatoms. The van der Waals surface area contributed by atoms with E-state index >= 15 is 0 Å². The van der Waals surface area contributed by atoms with E-state index in [-0.39, 0.29) is 6.61 Å². The summed E-state index contributed by atoms with van der Waals surface area (Å²) in [6.45, 7) is 5.79. The molecule has 1 atom stereocenters. The van der Waals surface area contributed by atoms with E-state index in [1.807, 2.05) is 30.3 Å². The third kappa shape index (κ3) is 6.33. The lowest BCUT2D eigenvalue weighted by atomic mass is 10.2. The van der Waals surface area contributed by atoms with Crippen LogP contribution in [0.4, 0.5) is 0 Å². The normalized spacial score (nSPS) is 13.1. The van der Waals surface area contributed by atoms with E-state index < -0.39 is 17.7 Å². The first-order chi connectivity index (χ1) is 8.92. The first kappa shape index (κ1) is 15.6. The number of ether oxygens (including phenoxy) is 2. The van der Waals surface area contributed by atoms with Gasteiger partial charge in [0.2, 0.25) is 0 Å². The van der Waals surface area contributed by atoms with Crippen LogP contribution in [0.5, 0.6) is 0 Å². The van der Waals surface area contributed by atoms with Gasteiger partial charge in [0, 0.05) is 0 Å². The van der Waals surface area contributed by atoms with Crippen molar-refractivity contribution in [2.75, 3.05) is 6.61 Å². The zero-order chi connectivity index (χ0) is 14.3. The van der Waals surface area contributed by atoms with Crippen LogP contribution in [0.2, 0.25) is 0 Å². The lowest BCUT2D eigenvalue weighted by Crippen LogP contribution is -2.38. The summed E-state index contributed by atoms with van der Waals surface area (Å²) in [4.78, 5) is 16.3. The van der Waals surface area contributed by atoms with Gasteiger partial charge in [-0.05, 0) is 26.3 Å². The zero-order valence-electron chi connectivity index (χ0n) is 11.6. The molecular weight excluding hydrogens is 246 g/mol. The fraction of sp³-hybridized carbons (Fsp3) is 0.500. The van der Waals surface area contributed by atoms with Crippen LogP contribution in [0.3, 0.4) is 0 Å². The van der Waals surface area contributed by atoms with Crippen LogP contribution in [-0.4, -0.2) is 24.3 Å². The van der Waals surface area contributed by atoms with E-state index in [0.717, 1.165) is 5.56 Å². The largest absolute Gasteiger partial charge is 0.458 e. The highest BCUT2D eigenvalue weighted by atomic mass is 16.7. The highest BCUT2D eigenvalue weighted by Gasteiger charge is 2.25. The minimum absolute atomic E-state index is 0.0559. The fourth-order valence-electron chi connectivity index (χ4n) is 1.39. The van der Waals surface area contributed by atoms with Crippen molar-refractivity contribution < 1.29 is 19.1 Å². The molecule has 0 aromatic heterocycles. The first-order valence-electron chi connectivity index (χ1n) is 6.12. The van der Waals surface area contributed by atoms with E-state index in [2.05, 4.69) is 4.84 Å². The Morgan fingerprint density at radius 2 is 1.89 bits per heavy atom. The lowest BCUT2D eigenvalue weighted by molar-refractivity contribution is -0.173. The van der Waals surface area contributed by atoms with Crippen LogP contribution < -0.4 is 5.90 Å². The van der Waals surface area contributed by atoms with Gasteiger partial charge in [0.1, 0.15) is 5.60 Å². The molecule has 0 bridgehead atoms. The van der Waals surface area contributed by atoms with E-state index in [9.17, 15) is 4.79 Å². The van der Waals surface area contributed by atoms with Gasteiger partial charge in [0.05, 0.1) is 13.2 Å². The molecule has 1 aromatic rings. The second kappa shape index (κ2) is 7.23. The molecule has 0 unspecified atom stereocenters. The summed E-state index contributed by atoms with van der Waals surface area (Å²) in [5.74, 6) is 4.57. The molecule has 0 heterocycles. The molecule has 106 valence electrons. The van der Waals surface area contributed by atoms with Gasteiger partial charge in [0.15, 0.2) is 6.10 Å². The Labute approximate surface area is 113 Å². The molecule has 0 saturated heterocycles. The molecule has 0 amide bonds. The molecule has 0 saturated carbocycles.